The molecule has 0 aliphatic heterocycles. The Kier molecular flexibility index (Phi) is 3.54. The number of aromatic amines is 1. The van der Waals surface area contributed by atoms with Gasteiger partial charge in [0.2, 0.25) is 0 Å². The number of fused-ring (bicyclic) bond motifs is 1. The quantitative estimate of drug-likeness (QED) is 0.765. The number of halogens is 1. The van der Waals surface area contributed by atoms with E-state index in [2.05, 4.69) is 10.3 Å². The third-order valence-corrected chi connectivity index (χ3v) is 3.52. The standard InChI is InChI=1S/C16H13ClN2O2/c1-21-15-5-2-11(9-13(15)17)16(20)19-12-3-4-14-10(8-12)6-7-18-14/h2-9,18H,1H3,(H,19,20). The summed E-state index contributed by atoms with van der Waals surface area (Å²) < 4.78 is 5.07. The van der Waals surface area contributed by atoms with Gasteiger partial charge in [0.15, 0.2) is 0 Å². The van der Waals surface area contributed by atoms with Crippen molar-refractivity contribution in [3.05, 3.63) is 59.2 Å². The van der Waals surface area contributed by atoms with Crippen LogP contribution in [0, 0.1) is 0 Å². The second kappa shape index (κ2) is 5.50. The molecular formula is C16H13ClN2O2. The monoisotopic (exact) mass is 300 g/mol. The van der Waals surface area contributed by atoms with Crippen molar-refractivity contribution < 1.29 is 9.53 Å². The van der Waals surface area contributed by atoms with Crippen LogP contribution in [0.1, 0.15) is 10.4 Å². The van der Waals surface area contributed by atoms with Gasteiger partial charge < -0.3 is 15.0 Å². The lowest BCUT2D eigenvalue weighted by Gasteiger charge is -2.08. The van der Waals surface area contributed by atoms with E-state index in [0.29, 0.717) is 16.3 Å². The van der Waals surface area contributed by atoms with Crippen molar-refractivity contribution in [1.82, 2.24) is 4.98 Å². The van der Waals surface area contributed by atoms with Gasteiger partial charge in [-0.3, -0.25) is 4.79 Å². The third-order valence-electron chi connectivity index (χ3n) is 3.23. The van der Waals surface area contributed by atoms with Gasteiger partial charge in [-0.2, -0.15) is 0 Å². The first-order chi connectivity index (χ1) is 10.2. The SMILES string of the molecule is COc1ccc(C(=O)Nc2ccc3[nH]ccc3c2)cc1Cl. The van der Waals surface area contributed by atoms with E-state index in [0.717, 1.165) is 16.6 Å². The topological polar surface area (TPSA) is 54.1 Å². The van der Waals surface area contributed by atoms with E-state index in [1.54, 1.807) is 18.2 Å². The zero-order chi connectivity index (χ0) is 14.8. The van der Waals surface area contributed by atoms with E-state index < -0.39 is 0 Å². The van der Waals surface area contributed by atoms with E-state index >= 15 is 0 Å². The largest absolute Gasteiger partial charge is 0.495 e. The van der Waals surface area contributed by atoms with Crippen LogP contribution in [0.25, 0.3) is 10.9 Å². The molecule has 0 aliphatic carbocycles. The number of ether oxygens (including phenoxy) is 1. The van der Waals surface area contributed by atoms with Crippen molar-refractivity contribution in [3.8, 4) is 5.75 Å². The Morgan fingerprint density at radius 2 is 2.05 bits per heavy atom. The molecule has 0 aliphatic rings. The van der Waals surface area contributed by atoms with Crippen LogP contribution in [0.4, 0.5) is 5.69 Å². The van der Waals surface area contributed by atoms with Crippen LogP contribution in [-0.2, 0) is 0 Å². The second-order valence-corrected chi connectivity index (χ2v) is 4.99. The van der Waals surface area contributed by atoms with Crippen molar-refractivity contribution in [2.75, 3.05) is 12.4 Å². The summed E-state index contributed by atoms with van der Waals surface area (Å²) in [6.07, 6.45) is 1.86. The van der Waals surface area contributed by atoms with Gasteiger partial charge in [0.05, 0.1) is 12.1 Å². The minimum absolute atomic E-state index is 0.213. The van der Waals surface area contributed by atoms with E-state index in [9.17, 15) is 4.79 Å². The first-order valence-corrected chi connectivity index (χ1v) is 6.77. The Bertz CT molecular complexity index is 811. The number of nitrogens with one attached hydrogen (secondary N) is 2. The average molecular weight is 301 g/mol. The van der Waals surface area contributed by atoms with Crippen molar-refractivity contribution in [3.63, 3.8) is 0 Å². The maximum atomic E-state index is 12.2. The molecule has 0 fully saturated rings. The molecule has 1 heterocycles. The number of H-pyrrole nitrogens is 1. The first-order valence-electron chi connectivity index (χ1n) is 6.39. The molecular weight excluding hydrogens is 288 g/mol. The number of aromatic nitrogens is 1. The van der Waals surface area contributed by atoms with E-state index in [1.165, 1.54) is 7.11 Å². The number of carbonyl (C=O) groups is 1. The molecule has 1 amide bonds. The summed E-state index contributed by atoms with van der Waals surface area (Å²) in [5.74, 6) is 0.330. The number of anilines is 1. The fourth-order valence-electron chi connectivity index (χ4n) is 2.14. The summed E-state index contributed by atoms with van der Waals surface area (Å²) in [5.41, 5.74) is 2.24. The average Bonchev–Trinajstić information content (AvgIpc) is 2.94. The Labute approximate surface area is 126 Å². The molecule has 0 bridgehead atoms. The third kappa shape index (κ3) is 2.71. The fourth-order valence-corrected chi connectivity index (χ4v) is 2.40. The van der Waals surface area contributed by atoms with Crippen LogP contribution in [0.5, 0.6) is 5.75 Å². The van der Waals surface area contributed by atoms with Crippen molar-refractivity contribution in [2.45, 2.75) is 0 Å². The highest BCUT2D eigenvalue weighted by molar-refractivity contribution is 6.32. The summed E-state index contributed by atoms with van der Waals surface area (Å²) in [6.45, 7) is 0. The minimum Gasteiger partial charge on any atom is -0.495 e. The highest BCUT2D eigenvalue weighted by Gasteiger charge is 2.09. The number of hydrogen-bond acceptors (Lipinski definition) is 2. The lowest BCUT2D eigenvalue weighted by Crippen LogP contribution is -2.11. The van der Waals surface area contributed by atoms with Gasteiger partial charge in [-0.05, 0) is 42.5 Å². The van der Waals surface area contributed by atoms with Crippen LogP contribution in [0.3, 0.4) is 0 Å². The molecule has 0 saturated carbocycles. The molecule has 0 radical (unpaired) electrons. The van der Waals surface area contributed by atoms with Crippen molar-refractivity contribution in [2.24, 2.45) is 0 Å². The summed E-state index contributed by atoms with van der Waals surface area (Å²) in [7, 11) is 1.53. The number of benzene rings is 2. The fraction of sp³-hybridized carbons (Fsp3) is 0.0625. The lowest BCUT2D eigenvalue weighted by atomic mass is 10.2. The molecule has 106 valence electrons. The smallest absolute Gasteiger partial charge is 0.255 e. The summed E-state index contributed by atoms with van der Waals surface area (Å²) in [4.78, 5) is 15.3. The minimum atomic E-state index is -0.213. The predicted molar refractivity (Wildman–Crippen MR) is 84.3 cm³/mol. The number of carbonyl (C=O) groups excluding carboxylic acids is 1. The zero-order valence-corrected chi connectivity index (χ0v) is 12.1. The Balaban J connectivity index is 1.83. The maximum absolute atomic E-state index is 12.2. The highest BCUT2D eigenvalue weighted by Crippen LogP contribution is 2.25. The molecule has 5 heteroatoms. The van der Waals surface area contributed by atoms with Gasteiger partial charge in [-0.15, -0.1) is 0 Å². The van der Waals surface area contributed by atoms with E-state index in [-0.39, 0.29) is 5.91 Å². The van der Waals surface area contributed by atoms with Crippen LogP contribution in [0.15, 0.2) is 48.7 Å². The summed E-state index contributed by atoms with van der Waals surface area (Å²) in [5, 5.41) is 4.30. The van der Waals surface area contributed by atoms with Crippen molar-refractivity contribution >= 4 is 34.1 Å². The predicted octanol–water partition coefficient (Wildman–Crippen LogP) is 4.08. The molecule has 4 nitrogen and oxygen atoms in total. The van der Waals surface area contributed by atoms with Gasteiger partial charge in [-0.1, -0.05) is 11.6 Å². The molecule has 0 unspecified atom stereocenters. The van der Waals surface area contributed by atoms with Gasteiger partial charge in [0.25, 0.3) is 5.91 Å². The Morgan fingerprint density at radius 3 is 2.81 bits per heavy atom. The highest BCUT2D eigenvalue weighted by atomic mass is 35.5. The molecule has 3 aromatic rings. The van der Waals surface area contributed by atoms with E-state index in [1.807, 2.05) is 30.5 Å². The van der Waals surface area contributed by atoms with Gasteiger partial charge in [0, 0.05) is 28.4 Å². The van der Waals surface area contributed by atoms with Crippen LogP contribution >= 0.6 is 11.6 Å². The number of hydrogen-bond donors (Lipinski definition) is 2. The normalized spacial score (nSPS) is 10.6. The van der Waals surface area contributed by atoms with Crippen LogP contribution < -0.4 is 10.1 Å². The number of rotatable bonds is 3. The van der Waals surface area contributed by atoms with Crippen LogP contribution in [-0.4, -0.2) is 18.0 Å². The molecule has 0 saturated heterocycles. The van der Waals surface area contributed by atoms with Gasteiger partial charge in [-0.25, -0.2) is 0 Å². The van der Waals surface area contributed by atoms with Gasteiger partial charge >= 0.3 is 0 Å². The Morgan fingerprint density at radius 1 is 1.19 bits per heavy atom. The Hall–Kier alpha value is -2.46. The summed E-state index contributed by atoms with van der Waals surface area (Å²) in [6, 6.07) is 12.6. The molecule has 1 aromatic heterocycles. The molecule has 2 N–H and O–H groups in total. The lowest BCUT2D eigenvalue weighted by molar-refractivity contribution is 0.102. The molecule has 3 rings (SSSR count). The van der Waals surface area contributed by atoms with Crippen LogP contribution in [0.2, 0.25) is 5.02 Å². The molecule has 21 heavy (non-hydrogen) atoms. The van der Waals surface area contributed by atoms with Gasteiger partial charge in [0.1, 0.15) is 5.75 Å². The number of amides is 1. The first kappa shape index (κ1) is 13.5. The maximum Gasteiger partial charge on any atom is 0.255 e. The van der Waals surface area contributed by atoms with E-state index in [4.69, 9.17) is 16.3 Å². The van der Waals surface area contributed by atoms with Crippen molar-refractivity contribution in [1.29, 1.82) is 0 Å². The molecule has 0 spiro atoms. The number of methoxy groups -OCH3 is 1. The summed E-state index contributed by atoms with van der Waals surface area (Å²) >= 11 is 6.03. The second-order valence-electron chi connectivity index (χ2n) is 4.58. The molecule has 2 aromatic carbocycles. The molecule has 0 atom stereocenters. The zero-order valence-electron chi connectivity index (χ0n) is 11.3.